The minimum Gasteiger partial charge on any atom is -0.196 e. The van der Waals surface area contributed by atoms with Gasteiger partial charge in [-0.25, -0.2) is 0 Å². The Morgan fingerprint density at radius 3 is 1.89 bits per heavy atom. The minimum absolute atomic E-state index is 0.357. The second-order valence-electron chi connectivity index (χ2n) is 4.53. The summed E-state index contributed by atoms with van der Waals surface area (Å²) in [5.74, 6) is -1.16. The first-order valence-corrected chi connectivity index (χ1v) is 5.42. The van der Waals surface area contributed by atoms with Crippen molar-refractivity contribution in [1.29, 1.82) is 26.3 Å². The standard InChI is InChI=1S/C13H7N5/c14-4-9-3-10-1-2-11(9)13(7-17,8-18)12(10,5-15)6-16/h3,10-11H,1-2H2/t10-,11+/m1/s1. The predicted octanol–water partition coefficient (Wildman–Crippen LogP) is 1.54. The molecule has 3 aliphatic carbocycles. The summed E-state index contributed by atoms with van der Waals surface area (Å²) in [7, 11) is 0. The Labute approximate surface area is 104 Å². The van der Waals surface area contributed by atoms with E-state index in [4.69, 9.17) is 5.26 Å². The summed E-state index contributed by atoms with van der Waals surface area (Å²) in [5, 5.41) is 46.4. The molecule has 0 heterocycles. The molecule has 0 aromatic rings. The molecule has 3 rings (SSSR count). The molecule has 5 nitrogen and oxygen atoms in total. The zero-order valence-corrected chi connectivity index (χ0v) is 9.38. The Bertz CT molecular complexity index is 609. The van der Waals surface area contributed by atoms with Gasteiger partial charge in [0.25, 0.3) is 0 Å². The molecule has 0 saturated heterocycles. The maximum atomic E-state index is 9.36. The number of hydrogen-bond donors (Lipinski definition) is 0. The van der Waals surface area contributed by atoms with E-state index in [0.717, 1.165) is 0 Å². The molecular formula is C13H7N5. The molecule has 0 amide bonds. The molecule has 0 spiro atoms. The Hall–Kier alpha value is -2.81. The van der Waals surface area contributed by atoms with Crippen molar-refractivity contribution in [3.63, 3.8) is 0 Å². The molecule has 2 atom stereocenters. The van der Waals surface area contributed by atoms with Crippen molar-refractivity contribution in [2.24, 2.45) is 22.7 Å². The lowest BCUT2D eigenvalue weighted by atomic mass is 9.45. The van der Waals surface area contributed by atoms with E-state index in [9.17, 15) is 21.0 Å². The minimum atomic E-state index is -1.74. The van der Waals surface area contributed by atoms with Crippen molar-refractivity contribution >= 4 is 0 Å². The predicted molar refractivity (Wildman–Crippen MR) is 57.2 cm³/mol. The van der Waals surface area contributed by atoms with E-state index in [-0.39, 0.29) is 0 Å². The van der Waals surface area contributed by atoms with Crippen LogP contribution in [-0.2, 0) is 0 Å². The van der Waals surface area contributed by atoms with Gasteiger partial charge in [0.15, 0.2) is 10.8 Å². The van der Waals surface area contributed by atoms with Crippen LogP contribution in [0.15, 0.2) is 11.6 Å². The number of fused-ring (bicyclic) bond motifs is 2. The maximum absolute atomic E-state index is 9.36. The van der Waals surface area contributed by atoms with Gasteiger partial charge in [0.05, 0.1) is 30.3 Å². The van der Waals surface area contributed by atoms with Crippen LogP contribution in [0.5, 0.6) is 0 Å². The van der Waals surface area contributed by atoms with Gasteiger partial charge in [0.2, 0.25) is 0 Å². The van der Waals surface area contributed by atoms with Crippen LogP contribution >= 0.6 is 0 Å². The lowest BCUT2D eigenvalue weighted by molar-refractivity contribution is 0.0844. The van der Waals surface area contributed by atoms with E-state index >= 15 is 0 Å². The second-order valence-corrected chi connectivity index (χ2v) is 4.53. The molecular weight excluding hydrogens is 226 g/mol. The highest BCUT2D eigenvalue weighted by molar-refractivity contribution is 5.49. The third-order valence-corrected chi connectivity index (χ3v) is 4.06. The molecule has 0 N–H and O–H groups in total. The molecule has 1 saturated carbocycles. The Balaban J connectivity index is 2.82. The van der Waals surface area contributed by atoms with Crippen molar-refractivity contribution in [3.05, 3.63) is 11.6 Å². The average Bonchev–Trinajstić information content (AvgIpc) is 2.46. The van der Waals surface area contributed by atoms with Gasteiger partial charge in [-0.15, -0.1) is 0 Å². The van der Waals surface area contributed by atoms with Crippen LogP contribution in [0.4, 0.5) is 0 Å². The smallest absolute Gasteiger partial charge is 0.183 e. The van der Waals surface area contributed by atoms with Crippen molar-refractivity contribution in [1.82, 2.24) is 0 Å². The summed E-state index contributed by atoms with van der Waals surface area (Å²) in [6.45, 7) is 0. The van der Waals surface area contributed by atoms with E-state index in [2.05, 4.69) is 0 Å². The molecule has 5 heteroatoms. The van der Waals surface area contributed by atoms with Crippen LogP contribution in [-0.4, -0.2) is 0 Å². The molecule has 2 bridgehead atoms. The third-order valence-electron chi connectivity index (χ3n) is 4.06. The maximum Gasteiger partial charge on any atom is 0.183 e. The van der Waals surface area contributed by atoms with Gasteiger partial charge in [-0.2, -0.15) is 26.3 Å². The van der Waals surface area contributed by atoms with Crippen molar-refractivity contribution < 1.29 is 0 Å². The van der Waals surface area contributed by atoms with Crippen LogP contribution in [0.3, 0.4) is 0 Å². The molecule has 3 aliphatic rings. The lowest BCUT2D eigenvalue weighted by Gasteiger charge is -2.49. The first-order valence-electron chi connectivity index (χ1n) is 5.42. The highest BCUT2D eigenvalue weighted by Crippen LogP contribution is 2.61. The van der Waals surface area contributed by atoms with Crippen molar-refractivity contribution in [2.75, 3.05) is 0 Å². The number of hydrogen-bond acceptors (Lipinski definition) is 5. The first-order chi connectivity index (χ1) is 8.65. The monoisotopic (exact) mass is 233 g/mol. The number of nitrogens with zero attached hydrogens (tertiary/aromatic N) is 5. The highest BCUT2D eigenvalue weighted by atomic mass is 14.7. The van der Waals surface area contributed by atoms with Crippen LogP contribution in [0.2, 0.25) is 0 Å². The van der Waals surface area contributed by atoms with Crippen LogP contribution in [0.1, 0.15) is 12.8 Å². The summed E-state index contributed by atoms with van der Waals surface area (Å²) in [4.78, 5) is 0. The number of nitriles is 5. The molecule has 0 radical (unpaired) electrons. The second kappa shape index (κ2) is 3.60. The fraction of sp³-hybridized carbons (Fsp3) is 0.462. The van der Waals surface area contributed by atoms with Gasteiger partial charge in [0.1, 0.15) is 0 Å². The van der Waals surface area contributed by atoms with Crippen molar-refractivity contribution in [3.8, 4) is 30.3 Å². The molecule has 0 aromatic carbocycles. The van der Waals surface area contributed by atoms with Crippen LogP contribution < -0.4 is 0 Å². The Kier molecular flexibility index (Phi) is 2.33. The van der Waals surface area contributed by atoms with Gasteiger partial charge < -0.3 is 0 Å². The zero-order chi connectivity index (χ0) is 13.4. The van der Waals surface area contributed by atoms with E-state index in [1.165, 1.54) is 0 Å². The van der Waals surface area contributed by atoms with Gasteiger partial charge in [-0.1, -0.05) is 6.08 Å². The van der Waals surface area contributed by atoms with Crippen molar-refractivity contribution in [2.45, 2.75) is 12.8 Å². The Morgan fingerprint density at radius 1 is 0.889 bits per heavy atom. The van der Waals surface area contributed by atoms with E-state index < -0.39 is 22.7 Å². The molecule has 0 unspecified atom stereocenters. The average molecular weight is 233 g/mol. The first kappa shape index (κ1) is 11.7. The topological polar surface area (TPSA) is 119 Å². The summed E-state index contributed by atoms with van der Waals surface area (Å²) in [5.41, 5.74) is -3.05. The van der Waals surface area contributed by atoms with Gasteiger partial charge in [-0.3, -0.25) is 0 Å². The largest absolute Gasteiger partial charge is 0.196 e. The van der Waals surface area contributed by atoms with Crippen LogP contribution in [0, 0.1) is 79.3 Å². The molecule has 0 aromatic heterocycles. The highest BCUT2D eigenvalue weighted by Gasteiger charge is 2.67. The molecule has 84 valence electrons. The fourth-order valence-electron chi connectivity index (χ4n) is 3.12. The summed E-state index contributed by atoms with van der Waals surface area (Å²) < 4.78 is 0. The van der Waals surface area contributed by atoms with Gasteiger partial charge in [0, 0.05) is 17.4 Å². The SMILES string of the molecule is N#CC1=C[C@H]2CC[C@@H]1C(C#N)(C#N)C2(C#N)C#N. The number of allylic oxidation sites excluding steroid dienone is 2. The lowest BCUT2D eigenvalue weighted by Crippen LogP contribution is -2.54. The number of rotatable bonds is 0. The normalized spacial score (nSPS) is 29.6. The molecule has 18 heavy (non-hydrogen) atoms. The van der Waals surface area contributed by atoms with Gasteiger partial charge >= 0.3 is 0 Å². The third kappa shape index (κ3) is 0.960. The zero-order valence-electron chi connectivity index (χ0n) is 9.38. The van der Waals surface area contributed by atoms with E-state index in [1.54, 1.807) is 6.08 Å². The summed E-state index contributed by atoms with van der Waals surface area (Å²) in [6.07, 6.45) is 2.64. The quantitative estimate of drug-likeness (QED) is 0.628. The van der Waals surface area contributed by atoms with Crippen LogP contribution in [0.25, 0.3) is 0 Å². The fourth-order valence-corrected chi connectivity index (χ4v) is 3.12. The summed E-state index contributed by atoms with van der Waals surface area (Å²) >= 11 is 0. The Morgan fingerprint density at radius 2 is 1.44 bits per heavy atom. The molecule has 1 fully saturated rings. The molecule has 0 aliphatic heterocycles. The van der Waals surface area contributed by atoms with Gasteiger partial charge in [-0.05, 0) is 12.8 Å². The summed E-state index contributed by atoms with van der Waals surface area (Å²) in [6, 6.07) is 9.45. The van der Waals surface area contributed by atoms with E-state index in [1.807, 2.05) is 30.3 Å². The van der Waals surface area contributed by atoms with E-state index in [0.29, 0.717) is 18.4 Å².